The summed E-state index contributed by atoms with van der Waals surface area (Å²) in [7, 11) is -7.41. The van der Waals surface area contributed by atoms with Crippen molar-refractivity contribution in [2.45, 2.75) is 6.42 Å². The minimum atomic E-state index is -3.78. The van der Waals surface area contributed by atoms with Gasteiger partial charge in [0.2, 0.25) is 20.0 Å². The summed E-state index contributed by atoms with van der Waals surface area (Å²) in [5.41, 5.74) is 0.646. The molecule has 0 bridgehead atoms. The van der Waals surface area contributed by atoms with Crippen LogP contribution in [0.3, 0.4) is 0 Å². The highest BCUT2D eigenvalue weighted by molar-refractivity contribution is 7.93. The smallest absolute Gasteiger partial charge is 0.233 e. The molecule has 0 amide bonds. The Morgan fingerprint density at radius 1 is 0.917 bits per heavy atom. The third-order valence-corrected chi connectivity index (χ3v) is 4.91. The molecule has 0 radical (unpaired) electrons. The maximum absolute atomic E-state index is 13.4. The zero-order valence-corrected chi connectivity index (χ0v) is 14.5. The minimum absolute atomic E-state index is 0.0396. The Hall–Kier alpha value is -2.13. The molecule has 0 unspecified atom stereocenters. The Morgan fingerprint density at radius 2 is 1.58 bits per heavy atom. The fourth-order valence-corrected chi connectivity index (χ4v) is 3.69. The first-order valence-corrected chi connectivity index (χ1v) is 10.5. The predicted molar refractivity (Wildman–Crippen MR) is 92.4 cm³/mol. The molecule has 2 aromatic rings. The van der Waals surface area contributed by atoms with E-state index >= 15 is 0 Å². The fourth-order valence-electron chi connectivity index (χ4n) is 2.01. The highest BCUT2D eigenvalue weighted by atomic mass is 32.2. The van der Waals surface area contributed by atoms with Gasteiger partial charge in [-0.05, 0) is 24.1 Å². The van der Waals surface area contributed by atoms with Gasteiger partial charge in [0.15, 0.2) is 0 Å². The van der Waals surface area contributed by atoms with Gasteiger partial charge in [0, 0.05) is 6.07 Å². The van der Waals surface area contributed by atoms with Crippen LogP contribution in [0.1, 0.15) is 5.56 Å². The average molecular weight is 372 g/mol. The third kappa shape index (κ3) is 5.82. The SMILES string of the molecule is CS(=O)(=O)Nc1ccc(F)cc1NS(=O)(=O)CCc1ccccc1. The van der Waals surface area contributed by atoms with Crippen molar-refractivity contribution < 1.29 is 21.2 Å². The Labute approximate surface area is 140 Å². The second-order valence-corrected chi connectivity index (χ2v) is 8.81. The Morgan fingerprint density at radius 3 is 2.21 bits per heavy atom. The van der Waals surface area contributed by atoms with Crippen LogP contribution in [0.4, 0.5) is 15.8 Å². The lowest BCUT2D eigenvalue weighted by molar-refractivity contribution is 0.599. The summed E-state index contributed by atoms with van der Waals surface area (Å²) < 4.78 is 64.8. The van der Waals surface area contributed by atoms with Gasteiger partial charge in [-0.25, -0.2) is 21.2 Å². The molecule has 0 aliphatic heterocycles. The molecule has 0 aliphatic rings. The first-order valence-electron chi connectivity index (χ1n) is 6.96. The average Bonchev–Trinajstić information content (AvgIpc) is 2.48. The van der Waals surface area contributed by atoms with Gasteiger partial charge in [-0.3, -0.25) is 9.44 Å². The van der Waals surface area contributed by atoms with Crippen molar-refractivity contribution in [1.82, 2.24) is 0 Å². The number of rotatable bonds is 7. The topological polar surface area (TPSA) is 92.3 Å². The molecule has 0 fully saturated rings. The molecule has 0 spiro atoms. The molecule has 0 aliphatic carbocycles. The van der Waals surface area contributed by atoms with Crippen LogP contribution in [-0.2, 0) is 26.5 Å². The molecule has 0 heterocycles. The first-order chi connectivity index (χ1) is 11.1. The van der Waals surface area contributed by atoms with Gasteiger partial charge in [0.05, 0.1) is 23.4 Å². The zero-order valence-electron chi connectivity index (χ0n) is 12.9. The number of sulfonamides is 2. The lowest BCUT2D eigenvalue weighted by Crippen LogP contribution is -2.20. The molecular formula is C15H17FN2O4S2. The van der Waals surface area contributed by atoms with E-state index in [0.717, 1.165) is 30.0 Å². The van der Waals surface area contributed by atoms with Crippen molar-refractivity contribution in [1.29, 1.82) is 0 Å². The number of hydrogen-bond acceptors (Lipinski definition) is 4. The van der Waals surface area contributed by atoms with Gasteiger partial charge in [0.1, 0.15) is 5.82 Å². The molecule has 2 aromatic carbocycles. The van der Waals surface area contributed by atoms with Crippen molar-refractivity contribution in [2.75, 3.05) is 21.5 Å². The van der Waals surface area contributed by atoms with E-state index in [1.165, 1.54) is 0 Å². The van der Waals surface area contributed by atoms with Gasteiger partial charge >= 0.3 is 0 Å². The van der Waals surface area contributed by atoms with Crippen LogP contribution in [0.5, 0.6) is 0 Å². The summed E-state index contributed by atoms with van der Waals surface area (Å²) >= 11 is 0. The highest BCUT2D eigenvalue weighted by Crippen LogP contribution is 2.25. The van der Waals surface area contributed by atoms with Gasteiger partial charge in [-0.1, -0.05) is 30.3 Å². The molecule has 9 heteroatoms. The van der Waals surface area contributed by atoms with Crippen molar-refractivity contribution in [3.05, 3.63) is 59.9 Å². The summed E-state index contributed by atoms with van der Waals surface area (Å²) in [4.78, 5) is 0. The molecule has 0 atom stereocenters. The van der Waals surface area contributed by atoms with E-state index in [-0.39, 0.29) is 23.5 Å². The normalized spacial score (nSPS) is 11.9. The van der Waals surface area contributed by atoms with E-state index in [9.17, 15) is 21.2 Å². The van der Waals surface area contributed by atoms with Gasteiger partial charge in [-0.15, -0.1) is 0 Å². The van der Waals surface area contributed by atoms with Crippen molar-refractivity contribution >= 4 is 31.4 Å². The van der Waals surface area contributed by atoms with E-state index in [1.807, 2.05) is 6.07 Å². The van der Waals surface area contributed by atoms with Crippen molar-refractivity contribution in [3.8, 4) is 0 Å². The molecule has 0 aromatic heterocycles. The Kier molecular flexibility index (Phi) is 5.45. The molecule has 24 heavy (non-hydrogen) atoms. The summed E-state index contributed by atoms with van der Waals surface area (Å²) in [6.07, 6.45) is 1.20. The molecule has 130 valence electrons. The summed E-state index contributed by atoms with van der Waals surface area (Å²) in [6.45, 7) is 0. The van der Waals surface area contributed by atoms with Crippen LogP contribution in [0.2, 0.25) is 0 Å². The van der Waals surface area contributed by atoms with E-state index in [4.69, 9.17) is 0 Å². The molecule has 2 rings (SSSR count). The van der Waals surface area contributed by atoms with Crippen LogP contribution < -0.4 is 9.44 Å². The number of aryl methyl sites for hydroxylation is 1. The van der Waals surface area contributed by atoms with E-state index < -0.39 is 25.9 Å². The minimum Gasteiger partial charge on any atom is -0.282 e. The lowest BCUT2D eigenvalue weighted by Gasteiger charge is -2.13. The van der Waals surface area contributed by atoms with Crippen LogP contribution in [0, 0.1) is 5.82 Å². The quantitative estimate of drug-likeness (QED) is 0.779. The van der Waals surface area contributed by atoms with E-state index in [2.05, 4.69) is 9.44 Å². The number of anilines is 2. The summed E-state index contributed by atoms with van der Waals surface area (Å²) in [6, 6.07) is 12.1. The predicted octanol–water partition coefficient (Wildman–Crippen LogP) is 2.18. The number of benzene rings is 2. The second kappa shape index (κ2) is 7.18. The maximum Gasteiger partial charge on any atom is 0.233 e. The summed E-state index contributed by atoms with van der Waals surface area (Å²) in [5, 5.41) is 0. The second-order valence-electron chi connectivity index (χ2n) is 5.22. The highest BCUT2D eigenvalue weighted by Gasteiger charge is 2.16. The maximum atomic E-state index is 13.4. The van der Waals surface area contributed by atoms with Crippen LogP contribution in [0.15, 0.2) is 48.5 Å². The Bertz CT molecular complexity index is 914. The monoisotopic (exact) mass is 372 g/mol. The van der Waals surface area contributed by atoms with Crippen molar-refractivity contribution in [3.63, 3.8) is 0 Å². The van der Waals surface area contributed by atoms with Crippen molar-refractivity contribution in [2.24, 2.45) is 0 Å². The fraction of sp³-hybridized carbons (Fsp3) is 0.200. The zero-order chi connectivity index (χ0) is 17.8. The van der Waals surface area contributed by atoms with Crippen LogP contribution >= 0.6 is 0 Å². The molecule has 0 saturated heterocycles. The number of halogens is 1. The van der Waals surface area contributed by atoms with Gasteiger partial charge in [0.25, 0.3) is 0 Å². The lowest BCUT2D eigenvalue weighted by atomic mass is 10.2. The molecule has 0 saturated carbocycles. The third-order valence-electron chi connectivity index (χ3n) is 3.04. The Balaban J connectivity index is 2.18. The molecule has 2 N–H and O–H groups in total. The standard InChI is InChI=1S/C15H17FN2O4S2/c1-23(19,20)17-14-8-7-13(16)11-15(14)18-24(21,22)10-9-12-5-3-2-4-6-12/h2-8,11,17-18H,9-10H2,1H3. The first kappa shape index (κ1) is 18.2. The largest absolute Gasteiger partial charge is 0.282 e. The van der Waals surface area contributed by atoms with Gasteiger partial charge in [-0.2, -0.15) is 0 Å². The number of nitrogens with one attached hydrogen (secondary N) is 2. The number of hydrogen-bond donors (Lipinski definition) is 2. The molecule has 6 nitrogen and oxygen atoms in total. The van der Waals surface area contributed by atoms with E-state index in [0.29, 0.717) is 0 Å². The van der Waals surface area contributed by atoms with Crippen LogP contribution in [-0.4, -0.2) is 28.8 Å². The van der Waals surface area contributed by atoms with Crippen LogP contribution in [0.25, 0.3) is 0 Å². The van der Waals surface area contributed by atoms with E-state index in [1.54, 1.807) is 24.3 Å². The van der Waals surface area contributed by atoms with Gasteiger partial charge < -0.3 is 0 Å². The molecular weight excluding hydrogens is 355 g/mol. The summed E-state index contributed by atoms with van der Waals surface area (Å²) in [5.74, 6) is -0.902.